The lowest BCUT2D eigenvalue weighted by Gasteiger charge is -2.09. The van der Waals surface area contributed by atoms with Crippen molar-refractivity contribution in [2.45, 2.75) is 16.8 Å². The Labute approximate surface area is 146 Å². The van der Waals surface area contributed by atoms with E-state index in [9.17, 15) is 8.42 Å². The zero-order valence-electron chi connectivity index (χ0n) is 10.8. The third kappa shape index (κ3) is 4.53. The largest absolute Gasteiger partial charge is 0.242 e. The van der Waals surface area contributed by atoms with Gasteiger partial charge in [-0.1, -0.05) is 67.7 Å². The minimum absolute atomic E-state index is 0.0736. The maximum absolute atomic E-state index is 12.2. The normalized spacial score (nSPS) is 11.6. The van der Waals surface area contributed by atoms with Gasteiger partial charge < -0.3 is 0 Å². The van der Waals surface area contributed by atoms with Crippen molar-refractivity contribution < 1.29 is 8.42 Å². The fourth-order valence-corrected chi connectivity index (χ4v) is 4.12. The van der Waals surface area contributed by atoms with E-state index in [1.807, 2.05) is 24.3 Å². The second-order valence-corrected chi connectivity index (χ2v) is 7.97. The Morgan fingerprint density at radius 1 is 1.05 bits per heavy atom. The number of hydrogen-bond donors (Lipinski definition) is 1. The number of rotatable bonds is 5. The van der Waals surface area contributed by atoms with E-state index in [4.69, 9.17) is 11.6 Å². The lowest BCUT2D eigenvalue weighted by atomic mass is 10.2. The number of nitrogens with one attached hydrogen (secondary N) is 1. The molecule has 21 heavy (non-hydrogen) atoms. The van der Waals surface area contributed by atoms with Crippen LogP contribution in [0.1, 0.15) is 11.1 Å². The van der Waals surface area contributed by atoms with E-state index < -0.39 is 10.0 Å². The smallest absolute Gasteiger partial charge is 0.207 e. The molecule has 2 aromatic carbocycles. The highest BCUT2D eigenvalue weighted by Crippen LogP contribution is 2.25. The average molecular weight is 454 g/mol. The summed E-state index contributed by atoms with van der Waals surface area (Å²) in [6.07, 6.45) is 0. The van der Waals surface area contributed by atoms with E-state index in [1.54, 1.807) is 12.1 Å². The molecule has 0 saturated heterocycles. The molecular weight excluding hydrogens is 441 g/mol. The van der Waals surface area contributed by atoms with Crippen LogP contribution in [0.15, 0.2) is 51.8 Å². The van der Waals surface area contributed by atoms with Crippen LogP contribution in [0.25, 0.3) is 0 Å². The minimum atomic E-state index is -3.63. The lowest BCUT2D eigenvalue weighted by molar-refractivity contribution is 0.581. The van der Waals surface area contributed by atoms with Crippen molar-refractivity contribution in [3.8, 4) is 0 Å². The Morgan fingerprint density at radius 3 is 2.24 bits per heavy atom. The monoisotopic (exact) mass is 451 g/mol. The Balaban J connectivity index is 2.13. The summed E-state index contributed by atoms with van der Waals surface area (Å²) in [5, 5.41) is 0.958. The van der Waals surface area contributed by atoms with Crippen LogP contribution in [-0.2, 0) is 21.9 Å². The van der Waals surface area contributed by atoms with Crippen LogP contribution >= 0.6 is 43.5 Å². The van der Waals surface area contributed by atoms with Crippen molar-refractivity contribution in [1.29, 1.82) is 0 Å². The first-order chi connectivity index (χ1) is 9.92. The van der Waals surface area contributed by atoms with Crippen LogP contribution in [0.4, 0.5) is 0 Å². The van der Waals surface area contributed by atoms with Gasteiger partial charge in [0.15, 0.2) is 0 Å². The summed E-state index contributed by atoms with van der Waals surface area (Å²) in [4.78, 5) is 0.0736. The van der Waals surface area contributed by atoms with Gasteiger partial charge in [-0.05, 0) is 29.3 Å². The van der Waals surface area contributed by atoms with E-state index >= 15 is 0 Å². The molecule has 3 nitrogen and oxygen atoms in total. The number of alkyl halides is 1. The number of sulfonamides is 1. The molecular formula is C14H12Br2ClNO2S. The summed E-state index contributed by atoms with van der Waals surface area (Å²) in [6, 6.07) is 12.4. The molecule has 0 fully saturated rings. The standard InChI is InChI=1S/C14H12Br2ClNO2S/c15-8-10-1-3-11(4-2-10)9-18-21(19,20)14-6-5-12(16)7-13(14)17/h1-7,18H,8-9H2. The van der Waals surface area contributed by atoms with Crippen LogP contribution in [0.3, 0.4) is 0 Å². The maximum atomic E-state index is 12.2. The Kier molecular flexibility index (Phi) is 5.85. The summed E-state index contributed by atoms with van der Waals surface area (Å²) in [5.41, 5.74) is 2.02. The second-order valence-electron chi connectivity index (χ2n) is 4.35. The van der Waals surface area contributed by atoms with E-state index in [0.717, 1.165) is 20.9 Å². The minimum Gasteiger partial charge on any atom is -0.207 e. The van der Waals surface area contributed by atoms with Crippen LogP contribution < -0.4 is 4.72 Å². The number of benzene rings is 2. The van der Waals surface area contributed by atoms with Crippen LogP contribution in [-0.4, -0.2) is 8.42 Å². The molecule has 2 rings (SSSR count). The molecule has 0 aliphatic carbocycles. The molecule has 0 unspecified atom stereocenters. The van der Waals surface area contributed by atoms with Crippen molar-refractivity contribution in [3.63, 3.8) is 0 Å². The van der Waals surface area contributed by atoms with Gasteiger partial charge in [-0.3, -0.25) is 0 Å². The van der Waals surface area contributed by atoms with Gasteiger partial charge in [0.05, 0.1) is 5.02 Å². The Hall–Kier alpha value is -0.400. The zero-order chi connectivity index (χ0) is 15.5. The molecule has 0 saturated carbocycles. The number of hydrogen-bond acceptors (Lipinski definition) is 2. The van der Waals surface area contributed by atoms with Crippen molar-refractivity contribution in [1.82, 2.24) is 4.72 Å². The van der Waals surface area contributed by atoms with E-state index in [2.05, 4.69) is 36.6 Å². The fraction of sp³-hybridized carbons (Fsp3) is 0.143. The molecule has 0 spiro atoms. The highest BCUT2D eigenvalue weighted by Gasteiger charge is 2.17. The average Bonchev–Trinajstić information content (AvgIpc) is 2.45. The molecule has 0 heterocycles. The van der Waals surface area contributed by atoms with Crippen molar-refractivity contribution in [2.75, 3.05) is 0 Å². The van der Waals surface area contributed by atoms with Crippen molar-refractivity contribution >= 4 is 53.5 Å². The summed E-state index contributed by atoms with van der Waals surface area (Å²) < 4.78 is 27.8. The predicted molar refractivity (Wildman–Crippen MR) is 92.3 cm³/mol. The van der Waals surface area contributed by atoms with E-state index in [-0.39, 0.29) is 16.5 Å². The topological polar surface area (TPSA) is 46.2 Å². The molecule has 0 aliphatic heterocycles. The van der Waals surface area contributed by atoms with Gasteiger partial charge in [0.1, 0.15) is 4.90 Å². The Bertz CT molecular complexity index is 733. The SMILES string of the molecule is O=S(=O)(NCc1ccc(CBr)cc1)c1ccc(Br)cc1Cl. The first-order valence-electron chi connectivity index (χ1n) is 6.01. The molecule has 2 aromatic rings. The van der Waals surface area contributed by atoms with Crippen LogP contribution in [0.2, 0.25) is 5.02 Å². The summed E-state index contributed by atoms with van der Waals surface area (Å²) >= 11 is 12.6. The third-order valence-corrected chi connectivity index (χ3v) is 5.85. The quantitative estimate of drug-likeness (QED) is 0.679. The molecule has 0 amide bonds. The fourth-order valence-electron chi connectivity index (χ4n) is 1.70. The molecule has 0 radical (unpaired) electrons. The van der Waals surface area contributed by atoms with Crippen molar-refractivity contribution in [3.05, 3.63) is 63.1 Å². The van der Waals surface area contributed by atoms with E-state index in [0.29, 0.717) is 0 Å². The predicted octanol–water partition coefficient (Wildman–Crippen LogP) is 4.48. The van der Waals surface area contributed by atoms with Gasteiger partial charge in [0.25, 0.3) is 0 Å². The van der Waals surface area contributed by atoms with Gasteiger partial charge in [-0.15, -0.1) is 0 Å². The van der Waals surface area contributed by atoms with Gasteiger partial charge in [0.2, 0.25) is 10.0 Å². The third-order valence-electron chi connectivity index (χ3n) is 2.83. The van der Waals surface area contributed by atoms with Crippen molar-refractivity contribution in [2.24, 2.45) is 0 Å². The molecule has 0 aliphatic rings. The van der Waals surface area contributed by atoms with Gasteiger partial charge in [-0.2, -0.15) is 0 Å². The highest BCUT2D eigenvalue weighted by atomic mass is 79.9. The first kappa shape index (κ1) is 17.0. The van der Waals surface area contributed by atoms with Crippen LogP contribution in [0.5, 0.6) is 0 Å². The zero-order valence-corrected chi connectivity index (χ0v) is 15.6. The molecule has 0 aromatic heterocycles. The molecule has 112 valence electrons. The lowest BCUT2D eigenvalue weighted by Crippen LogP contribution is -2.23. The van der Waals surface area contributed by atoms with E-state index in [1.165, 1.54) is 6.07 Å². The highest BCUT2D eigenvalue weighted by molar-refractivity contribution is 9.10. The number of halogens is 3. The molecule has 0 atom stereocenters. The summed E-state index contributed by atoms with van der Waals surface area (Å²) in [6.45, 7) is 0.220. The summed E-state index contributed by atoms with van der Waals surface area (Å²) in [7, 11) is -3.63. The summed E-state index contributed by atoms with van der Waals surface area (Å²) in [5.74, 6) is 0. The second kappa shape index (κ2) is 7.24. The first-order valence-corrected chi connectivity index (χ1v) is 9.78. The Morgan fingerprint density at radius 2 is 1.67 bits per heavy atom. The van der Waals surface area contributed by atoms with Gasteiger partial charge >= 0.3 is 0 Å². The van der Waals surface area contributed by atoms with Gasteiger partial charge in [-0.25, -0.2) is 13.1 Å². The molecule has 1 N–H and O–H groups in total. The maximum Gasteiger partial charge on any atom is 0.242 e. The molecule has 0 bridgehead atoms. The van der Waals surface area contributed by atoms with Crippen LogP contribution in [0, 0.1) is 0 Å². The van der Waals surface area contributed by atoms with Gasteiger partial charge in [0, 0.05) is 16.3 Å². The molecule has 7 heteroatoms.